The van der Waals surface area contributed by atoms with E-state index < -0.39 is 0 Å². The van der Waals surface area contributed by atoms with Crippen LogP contribution >= 0.6 is 0 Å². The van der Waals surface area contributed by atoms with Gasteiger partial charge in [-0.3, -0.25) is 9.89 Å². The van der Waals surface area contributed by atoms with Gasteiger partial charge in [-0.25, -0.2) is 4.39 Å². The Morgan fingerprint density at radius 1 is 1.17 bits per heavy atom. The molecule has 4 rings (SSSR count). The van der Waals surface area contributed by atoms with Crippen molar-refractivity contribution in [2.24, 2.45) is 0 Å². The Balaban J connectivity index is 1.43. The van der Waals surface area contributed by atoms with Gasteiger partial charge in [0.2, 0.25) is 5.76 Å². The first-order valence-electron chi connectivity index (χ1n) is 9.20. The Hall–Kier alpha value is -3.74. The van der Waals surface area contributed by atoms with E-state index in [-0.39, 0.29) is 29.9 Å². The standard InChI is InChI=1S/C22H19FN4O2/c1-14(15-5-3-2-4-6-15)19-11-20(29-27-19)22(28)24-12-17-13-25-26-21(17)16-7-9-18(23)10-8-16/h2-11,13-14H,12H2,1H3,(H,24,28)(H,25,26). The molecule has 1 unspecified atom stereocenters. The Labute approximate surface area is 166 Å². The number of H-pyrrole nitrogens is 1. The largest absolute Gasteiger partial charge is 0.351 e. The van der Waals surface area contributed by atoms with Crippen LogP contribution in [0, 0.1) is 5.82 Å². The average Bonchev–Trinajstić information content (AvgIpc) is 3.43. The van der Waals surface area contributed by atoms with Crippen molar-refractivity contribution in [3.8, 4) is 11.3 Å². The Kier molecular flexibility index (Phi) is 5.20. The van der Waals surface area contributed by atoms with Crippen molar-refractivity contribution in [2.45, 2.75) is 19.4 Å². The topological polar surface area (TPSA) is 83.8 Å². The predicted octanol–water partition coefficient (Wildman–Crippen LogP) is 4.29. The fraction of sp³-hybridized carbons (Fsp3) is 0.136. The van der Waals surface area contributed by atoms with Crippen LogP contribution in [0.5, 0.6) is 0 Å². The Morgan fingerprint density at radius 2 is 1.93 bits per heavy atom. The summed E-state index contributed by atoms with van der Waals surface area (Å²) in [5.41, 5.74) is 4.07. The molecule has 1 amide bonds. The molecule has 4 aromatic rings. The summed E-state index contributed by atoms with van der Waals surface area (Å²) >= 11 is 0. The number of nitrogens with zero attached hydrogens (tertiary/aromatic N) is 2. The summed E-state index contributed by atoms with van der Waals surface area (Å²) in [5, 5.41) is 13.8. The lowest BCUT2D eigenvalue weighted by Gasteiger charge is -2.07. The van der Waals surface area contributed by atoms with Crippen LogP contribution in [0.3, 0.4) is 0 Å². The molecular weight excluding hydrogens is 371 g/mol. The van der Waals surface area contributed by atoms with Crippen molar-refractivity contribution < 1.29 is 13.7 Å². The van der Waals surface area contributed by atoms with Gasteiger partial charge in [-0.1, -0.05) is 42.4 Å². The molecule has 146 valence electrons. The summed E-state index contributed by atoms with van der Waals surface area (Å²) in [6.07, 6.45) is 1.63. The summed E-state index contributed by atoms with van der Waals surface area (Å²) in [7, 11) is 0. The van der Waals surface area contributed by atoms with Crippen LogP contribution in [-0.4, -0.2) is 21.3 Å². The van der Waals surface area contributed by atoms with Gasteiger partial charge < -0.3 is 9.84 Å². The number of carbonyl (C=O) groups is 1. The average molecular weight is 390 g/mol. The van der Waals surface area contributed by atoms with Gasteiger partial charge in [-0.2, -0.15) is 5.10 Å². The molecule has 0 spiro atoms. The molecule has 0 saturated carbocycles. The van der Waals surface area contributed by atoms with Crippen molar-refractivity contribution in [1.82, 2.24) is 20.7 Å². The summed E-state index contributed by atoms with van der Waals surface area (Å²) < 4.78 is 18.4. The van der Waals surface area contributed by atoms with E-state index in [1.54, 1.807) is 24.4 Å². The van der Waals surface area contributed by atoms with Crippen molar-refractivity contribution in [3.05, 3.63) is 95.3 Å². The fourth-order valence-corrected chi connectivity index (χ4v) is 3.09. The predicted molar refractivity (Wildman–Crippen MR) is 106 cm³/mol. The molecular formula is C22H19FN4O2. The highest BCUT2D eigenvalue weighted by Gasteiger charge is 2.18. The van der Waals surface area contributed by atoms with Gasteiger partial charge in [-0.15, -0.1) is 0 Å². The van der Waals surface area contributed by atoms with Crippen LogP contribution in [0.15, 0.2) is 71.4 Å². The zero-order valence-corrected chi connectivity index (χ0v) is 15.7. The quantitative estimate of drug-likeness (QED) is 0.515. The molecule has 2 N–H and O–H groups in total. The Bertz CT molecular complexity index is 1100. The second kappa shape index (κ2) is 8.10. The van der Waals surface area contributed by atoms with Gasteiger partial charge in [0.1, 0.15) is 5.82 Å². The number of benzene rings is 2. The highest BCUT2D eigenvalue weighted by molar-refractivity contribution is 5.91. The maximum Gasteiger partial charge on any atom is 0.290 e. The third-order valence-corrected chi connectivity index (χ3v) is 4.79. The van der Waals surface area contributed by atoms with Gasteiger partial charge in [0.15, 0.2) is 0 Å². The molecule has 2 heterocycles. The zero-order valence-electron chi connectivity index (χ0n) is 15.7. The van der Waals surface area contributed by atoms with Crippen molar-refractivity contribution in [1.29, 1.82) is 0 Å². The molecule has 1 atom stereocenters. The molecule has 2 aromatic carbocycles. The van der Waals surface area contributed by atoms with E-state index in [1.165, 1.54) is 12.1 Å². The fourth-order valence-electron chi connectivity index (χ4n) is 3.09. The maximum absolute atomic E-state index is 13.1. The molecule has 0 radical (unpaired) electrons. The van der Waals surface area contributed by atoms with E-state index in [2.05, 4.69) is 20.7 Å². The summed E-state index contributed by atoms with van der Waals surface area (Å²) in [5.74, 6) is -0.515. The number of rotatable bonds is 6. The smallest absolute Gasteiger partial charge is 0.290 e. The first kappa shape index (κ1) is 18.6. The lowest BCUT2D eigenvalue weighted by atomic mass is 9.98. The third kappa shape index (κ3) is 4.08. The number of hydrogen-bond acceptors (Lipinski definition) is 4. The van der Waals surface area contributed by atoms with E-state index in [4.69, 9.17) is 4.52 Å². The highest BCUT2D eigenvalue weighted by Crippen LogP contribution is 2.24. The monoisotopic (exact) mass is 390 g/mol. The lowest BCUT2D eigenvalue weighted by molar-refractivity contribution is 0.0914. The molecule has 29 heavy (non-hydrogen) atoms. The molecule has 0 fully saturated rings. The van der Waals surface area contributed by atoms with Crippen LogP contribution in [0.4, 0.5) is 4.39 Å². The molecule has 0 bridgehead atoms. The number of hydrogen-bond donors (Lipinski definition) is 2. The number of aromatic amines is 1. The zero-order chi connectivity index (χ0) is 20.2. The number of nitrogens with one attached hydrogen (secondary N) is 2. The van der Waals surface area contributed by atoms with Crippen molar-refractivity contribution in [3.63, 3.8) is 0 Å². The minimum atomic E-state index is -0.365. The maximum atomic E-state index is 13.1. The Morgan fingerprint density at radius 3 is 2.69 bits per heavy atom. The van der Waals surface area contributed by atoms with Gasteiger partial charge in [0.05, 0.1) is 17.6 Å². The summed E-state index contributed by atoms with van der Waals surface area (Å²) in [6, 6.07) is 17.6. The van der Waals surface area contributed by atoms with Gasteiger partial charge in [0.25, 0.3) is 5.91 Å². The number of aromatic nitrogens is 3. The van der Waals surface area contributed by atoms with Crippen LogP contribution in [0.25, 0.3) is 11.3 Å². The lowest BCUT2D eigenvalue weighted by Crippen LogP contribution is -2.22. The number of halogens is 1. The van der Waals surface area contributed by atoms with Gasteiger partial charge >= 0.3 is 0 Å². The van der Waals surface area contributed by atoms with Crippen LogP contribution in [-0.2, 0) is 6.54 Å². The van der Waals surface area contributed by atoms with Gasteiger partial charge in [-0.05, 0) is 29.8 Å². The first-order chi connectivity index (χ1) is 14.1. The second-order valence-corrected chi connectivity index (χ2v) is 6.71. The van der Waals surface area contributed by atoms with Crippen molar-refractivity contribution in [2.75, 3.05) is 0 Å². The van der Waals surface area contributed by atoms with E-state index in [0.717, 1.165) is 22.4 Å². The summed E-state index contributed by atoms with van der Waals surface area (Å²) in [6.45, 7) is 2.25. The van der Waals surface area contributed by atoms with E-state index in [0.29, 0.717) is 5.69 Å². The van der Waals surface area contributed by atoms with E-state index in [1.807, 2.05) is 37.3 Å². The second-order valence-electron chi connectivity index (χ2n) is 6.71. The highest BCUT2D eigenvalue weighted by atomic mass is 19.1. The minimum Gasteiger partial charge on any atom is -0.351 e. The minimum absolute atomic E-state index is 0.0143. The van der Waals surface area contributed by atoms with Crippen molar-refractivity contribution >= 4 is 5.91 Å². The van der Waals surface area contributed by atoms with E-state index >= 15 is 0 Å². The molecule has 0 aliphatic carbocycles. The van der Waals surface area contributed by atoms with Crippen LogP contribution in [0.2, 0.25) is 0 Å². The normalized spacial score (nSPS) is 11.9. The van der Waals surface area contributed by atoms with Crippen LogP contribution < -0.4 is 5.32 Å². The van der Waals surface area contributed by atoms with Gasteiger partial charge in [0, 0.05) is 29.7 Å². The summed E-state index contributed by atoms with van der Waals surface area (Å²) in [4.78, 5) is 12.5. The number of carbonyl (C=O) groups excluding carboxylic acids is 1. The molecule has 0 saturated heterocycles. The first-order valence-corrected chi connectivity index (χ1v) is 9.20. The molecule has 0 aliphatic heterocycles. The van der Waals surface area contributed by atoms with E-state index in [9.17, 15) is 9.18 Å². The molecule has 7 heteroatoms. The number of amides is 1. The third-order valence-electron chi connectivity index (χ3n) is 4.79. The molecule has 2 aromatic heterocycles. The molecule has 0 aliphatic rings. The SMILES string of the molecule is CC(c1ccccc1)c1cc(C(=O)NCc2cn[nH]c2-c2ccc(F)cc2)on1. The molecule has 6 nitrogen and oxygen atoms in total. The van der Waals surface area contributed by atoms with Crippen LogP contribution in [0.1, 0.15) is 40.2 Å².